The number of piperidine rings is 1. The molecular formula is C12H18N2O5. The second kappa shape index (κ2) is 5.56. The van der Waals surface area contributed by atoms with Crippen molar-refractivity contribution in [1.82, 2.24) is 9.80 Å². The third-order valence-corrected chi connectivity index (χ3v) is 3.66. The second-order valence-electron chi connectivity index (χ2n) is 5.11. The molecule has 2 aliphatic rings. The Labute approximate surface area is 111 Å². The van der Waals surface area contributed by atoms with Crippen molar-refractivity contribution in [3.8, 4) is 0 Å². The van der Waals surface area contributed by atoms with Gasteiger partial charge in [-0.3, -0.25) is 14.5 Å². The highest BCUT2D eigenvalue weighted by Crippen LogP contribution is 2.22. The van der Waals surface area contributed by atoms with Gasteiger partial charge in [-0.1, -0.05) is 6.92 Å². The van der Waals surface area contributed by atoms with Crippen molar-refractivity contribution in [3.05, 3.63) is 0 Å². The molecule has 0 aromatic heterocycles. The minimum absolute atomic E-state index is 0.0429. The number of nitrogens with zero attached hydrogens (tertiary/aromatic N) is 2. The summed E-state index contributed by atoms with van der Waals surface area (Å²) in [6.45, 7) is 2.99. The van der Waals surface area contributed by atoms with Gasteiger partial charge in [0.15, 0.2) is 0 Å². The molecular weight excluding hydrogens is 252 g/mol. The number of carboxylic acids is 1. The van der Waals surface area contributed by atoms with E-state index in [9.17, 15) is 19.5 Å². The highest BCUT2D eigenvalue weighted by Gasteiger charge is 2.36. The summed E-state index contributed by atoms with van der Waals surface area (Å²) in [5, 5.41) is 9.20. The number of cyclic esters (lactones) is 1. The summed E-state index contributed by atoms with van der Waals surface area (Å²) in [6, 6.07) is -0.647. The van der Waals surface area contributed by atoms with E-state index in [2.05, 4.69) is 0 Å². The molecule has 0 aliphatic carbocycles. The number of carbonyl (C=O) groups is 3. The molecule has 7 nitrogen and oxygen atoms in total. The molecule has 0 aromatic carbocycles. The summed E-state index contributed by atoms with van der Waals surface area (Å²) in [5.41, 5.74) is 0. The van der Waals surface area contributed by atoms with E-state index in [1.54, 1.807) is 4.90 Å². The fraction of sp³-hybridized carbons (Fsp3) is 0.750. The average molecular weight is 270 g/mol. The zero-order chi connectivity index (χ0) is 14.0. The van der Waals surface area contributed by atoms with Crippen LogP contribution in [0.5, 0.6) is 0 Å². The number of rotatable bonds is 3. The number of hydrogen-bond donors (Lipinski definition) is 1. The quantitative estimate of drug-likeness (QED) is 0.785. The molecule has 0 saturated carbocycles. The third-order valence-electron chi connectivity index (χ3n) is 3.66. The van der Waals surface area contributed by atoms with Crippen molar-refractivity contribution in [1.29, 1.82) is 0 Å². The summed E-state index contributed by atoms with van der Waals surface area (Å²) in [7, 11) is 0. The number of carbonyl (C=O) groups excluding carboxylic acids is 2. The van der Waals surface area contributed by atoms with Gasteiger partial charge in [0.05, 0.1) is 13.1 Å². The number of likely N-dealkylation sites (tertiary alicyclic amines) is 1. The third kappa shape index (κ3) is 3.04. The lowest BCUT2D eigenvalue weighted by Crippen LogP contribution is -2.51. The fourth-order valence-corrected chi connectivity index (χ4v) is 2.52. The molecule has 2 rings (SSSR count). The Morgan fingerprint density at radius 1 is 1.42 bits per heavy atom. The zero-order valence-corrected chi connectivity index (χ0v) is 10.9. The van der Waals surface area contributed by atoms with E-state index in [1.807, 2.05) is 6.92 Å². The normalized spacial score (nSPS) is 28.3. The van der Waals surface area contributed by atoms with Crippen LogP contribution in [-0.2, 0) is 14.3 Å². The molecule has 19 heavy (non-hydrogen) atoms. The first-order valence-electron chi connectivity index (χ1n) is 6.43. The van der Waals surface area contributed by atoms with Gasteiger partial charge in [-0.15, -0.1) is 0 Å². The van der Waals surface area contributed by atoms with Gasteiger partial charge in [-0.05, 0) is 25.3 Å². The molecule has 0 aromatic rings. The Morgan fingerprint density at radius 2 is 2.16 bits per heavy atom. The van der Waals surface area contributed by atoms with E-state index in [4.69, 9.17) is 4.74 Å². The Bertz CT molecular complexity index is 398. The highest BCUT2D eigenvalue weighted by molar-refractivity contribution is 5.94. The summed E-state index contributed by atoms with van der Waals surface area (Å²) in [4.78, 5) is 37.1. The predicted molar refractivity (Wildman–Crippen MR) is 64.5 cm³/mol. The molecule has 2 atom stereocenters. The van der Waals surface area contributed by atoms with E-state index in [0.29, 0.717) is 18.9 Å². The highest BCUT2D eigenvalue weighted by atomic mass is 16.6. The van der Waals surface area contributed by atoms with Crippen LogP contribution in [0.3, 0.4) is 0 Å². The Balaban J connectivity index is 1.98. The van der Waals surface area contributed by atoms with Crippen LogP contribution in [-0.4, -0.2) is 65.2 Å². The summed E-state index contributed by atoms with van der Waals surface area (Å²) in [5.74, 6) is -0.962. The second-order valence-corrected chi connectivity index (χ2v) is 5.11. The molecule has 0 bridgehead atoms. The number of imide groups is 1. The lowest BCUT2D eigenvalue weighted by molar-refractivity contribution is -0.146. The van der Waals surface area contributed by atoms with E-state index in [1.165, 1.54) is 0 Å². The van der Waals surface area contributed by atoms with Gasteiger partial charge in [-0.25, -0.2) is 9.69 Å². The van der Waals surface area contributed by atoms with Crippen LogP contribution < -0.4 is 0 Å². The van der Waals surface area contributed by atoms with Gasteiger partial charge >= 0.3 is 12.1 Å². The number of hydrogen-bond acceptors (Lipinski definition) is 5. The predicted octanol–water partition coefficient (Wildman–Crippen LogP) is 0.150. The van der Waals surface area contributed by atoms with Gasteiger partial charge < -0.3 is 9.84 Å². The van der Waals surface area contributed by atoms with E-state index in [-0.39, 0.29) is 25.6 Å². The van der Waals surface area contributed by atoms with Crippen LogP contribution in [0.15, 0.2) is 0 Å². The van der Waals surface area contributed by atoms with Crippen molar-refractivity contribution in [3.63, 3.8) is 0 Å². The maximum Gasteiger partial charge on any atom is 0.416 e. The molecule has 1 N–H and O–H groups in total. The smallest absolute Gasteiger partial charge is 0.416 e. The Morgan fingerprint density at radius 3 is 2.74 bits per heavy atom. The first-order valence-corrected chi connectivity index (χ1v) is 6.43. The number of aliphatic carboxylic acids is 1. The van der Waals surface area contributed by atoms with Crippen LogP contribution in [0.2, 0.25) is 0 Å². The molecule has 0 radical (unpaired) electrons. The SMILES string of the molecule is CC1CCN(CC(=O)N2CCOC2=O)C(C(=O)O)C1. The molecule has 2 unspecified atom stereocenters. The Hall–Kier alpha value is -1.63. The van der Waals surface area contributed by atoms with E-state index in [0.717, 1.165) is 11.3 Å². The maximum atomic E-state index is 12.0. The van der Waals surface area contributed by atoms with Crippen LogP contribution in [0.4, 0.5) is 4.79 Å². The van der Waals surface area contributed by atoms with Crippen molar-refractivity contribution in [2.24, 2.45) is 5.92 Å². The molecule has 2 amide bonds. The molecule has 2 fully saturated rings. The van der Waals surface area contributed by atoms with Gasteiger partial charge in [0.25, 0.3) is 0 Å². The van der Waals surface area contributed by atoms with Crippen molar-refractivity contribution < 1.29 is 24.2 Å². The molecule has 7 heteroatoms. The summed E-state index contributed by atoms with van der Waals surface area (Å²) < 4.78 is 4.70. The number of ether oxygens (including phenoxy) is 1. The topological polar surface area (TPSA) is 87.2 Å². The average Bonchev–Trinajstić information content (AvgIpc) is 2.77. The van der Waals surface area contributed by atoms with E-state index >= 15 is 0 Å². The minimum Gasteiger partial charge on any atom is -0.480 e. The molecule has 2 saturated heterocycles. The number of carboxylic acid groups (broad SMARTS) is 1. The molecule has 2 heterocycles. The molecule has 106 valence electrons. The first kappa shape index (κ1) is 13.8. The standard InChI is InChI=1S/C12H18N2O5/c1-8-2-3-13(9(6-8)11(16)17)7-10(15)14-4-5-19-12(14)18/h8-9H,2-7H2,1H3,(H,16,17). The summed E-state index contributed by atoms with van der Waals surface area (Å²) in [6.07, 6.45) is 0.761. The van der Waals surface area contributed by atoms with E-state index < -0.39 is 18.1 Å². The van der Waals surface area contributed by atoms with Crippen LogP contribution >= 0.6 is 0 Å². The molecule has 2 aliphatic heterocycles. The Kier molecular flexibility index (Phi) is 4.04. The first-order chi connectivity index (χ1) is 8.99. The lowest BCUT2D eigenvalue weighted by atomic mass is 9.92. The van der Waals surface area contributed by atoms with Crippen LogP contribution in [0.25, 0.3) is 0 Å². The lowest BCUT2D eigenvalue weighted by Gasteiger charge is -2.35. The fourth-order valence-electron chi connectivity index (χ4n) is 2.52. The van der Waals surface area contributed by atoms with Crippen molar-refractivity contribution >= 4 is 18.0 Å². The largest absolute Gasteiger partial charge is 0.480 e. The van der Waals surface area contributed by atoms with Crippen LogP contribution in [0.1, 0.15) is 19.8 Å². The van der Waals surface area contributed by atoms with Gasteiger partial charge in [0.1, 0.15) is 12.6 Å². The maximum absolute atomic E-state index is 12.0. The van der Waals surface area contributed by atoms with Gasteiger partial charge in [0.2, 0.25) is 5.91 Å². The van der Waals surface area contributed by atoms with Crippen molar-refractivity contribution in [2.75, 3.05) is 26.2 Å². The van der Waals surface area contributed by atoms with Crippen LogP contribution in [0, 0.1) is 5.92 Å². The van der Waals surface area contributed by atoms with Gasteiger partial charge in [-0.2, -0.15) is 0 Å². The monoisotopic (exact) mass is 270 g/mol. The minimum atomic E-state index is -0.914. The van der Waals surface area contributed by atoms with Crippen molar-refractivity contribution in [2.45, 2.75) is 25.8 Å². The summed E-state index contributed by atoms with van der Waals surface area (Å²) >= 11 is 0. The van der Waals surface area contributed by atoms with Gasteiger partial charge in [0, 0.05) is 0 Å². The molecule has 0 spiro atoms. The zero-order valence-electron chi connectivity index (χ0n) is 10.9. The number of amides is 2.